The molecule has 1 aromatic rings. The number of amides is 2. The summed E-state index contributed by atoms with van der Waals surface area (Å²) in [4.78, 5) is 28.8. The molecule has 0 unspecified atom stereocenters. The standard InChI is InChI=1S/C19H27N3O3/c1-2-12-21(15-7-10-20-11-8-15)18(23)9-13-22-16-5-3-4-6-17(16)25-14-19(22)24/h3-6,15,20H,2,7-14H2,1H3. The van der Waals surface area contributed by atoms with Crippen LogP contribution in [0.2, 0.25) is 0 Å². The first-order valence-electron chi connectivity index (χ1n) is 9.23. The molecular formula is C19H27N3O3. The number of nitrogens with one attached hydrogen (secondary N) is 1. The average molecular weight is 345 g/mol. The summed E-state index contributed by atoms with van der Waals surface area (Å²) in [5.41, 5.74) is 0.760. The van der Waals surface area contributed by atoms with Gasteiger partial charge in [-0.1, -0.05) is 19.1 Å². The number of carbonyl (C=O) groups excluding carboxylic acids is 2. The maximum Gasteiger partial charge on any atom is 0.265 e. The van der Waals surface area contributed by atoms with Gasteiger partial charge in [-0.05, 0) is 44.5 Å². The molecular weight excluding hydrogens is 318 g/mol. The molecule has 1 N–H and O–H groups in total. The number of benzene rings is 1. The van der Waals surface area contributed by atoms with E-state index in [4.69, 9.17) is 4.74 Å². The van der Waals surface area contributed by atoms with Crippen molar-refractivity contribution < 1.29 is 14.3 Å². The molecule has 1 aromatic carbocycles. The predicted molar refractivity (Wildman–Crippen MR) is 96.8 cm³/mol. The van der Waals surface area contributed by atoms with E-state index in [1.54, 1.807) is 4.90 Å². The van der Waals surface area contributed by atoms with E-state index in [0.717, 1.165) is 44.6 Å². The van der Waals surface area contributed by atoms with Crippen molar-refractivity contribution in [3.05, 3.63) is 24.3 Å². The first-order valence-corrected chi connectivity index (χ1v) is 9.23. The fourth-order valence-electron chi connectivity index (χ4n) is 3.62. The van der Waals surface area contributed by atoms with E-state index in [9.17, 15) is 9.59 Å². The summed E-state index contributed by atoms with van der Waals surface area (Å²) in [6.07, 6.45) is 3.31. The van der Waals surface area contributed by atoms with Crippen LogP contribution in [-0.2, 0) is 9.59 Å². The molecule has 1 saturated heterocycles. The Balaban J connectivity index is 1.65. The Morgan fingerprint density at radius 3 is 2.84 bits per heavy atom. The van der Waals surface area contributed by atoms with E-state index >= 15 is 0 Å². The van der Waals surface area contributed by atoms with Gasteiger partial charge in [0.15, 0.2) is 6.61 Å². The summed E-state index contributed by atoms with van der Waals surface area (Å²) in [6, 6.07) is 7.82. The lowest BCUT2D eigenvalue weighted by Gasteiger charge is -2.35. The van der Waals surface area contributed by atoms with Crippen molar-refractivity contribution >= 4 is 17.5 Å². The van der Waals surface area contributed by atoms with Crippen LogP contribution < -0.4 is 15.0 Å². The van der Waals surface area contributed by atoms with Crippen LogP contribution in [0.25, 0.3) is 0 Å². The topological polar surface area (TPSA) is 61.9 Å². The minimum atomic E-state index is -0.0876. The molecule has 25 heavy (non-hydrogen) atoms. The minimum absolute atomic E-state index is 0.0399. The number of rotatable bonds is 6. The number of hydrogen-bond acceptors (Lipinski definition) is 4. The zero-order valence-electron chi connectivity index (χ0n) is 14.9. The van der Waals surface area contributed by atoms with Crippen molar-refractivity contribution in [2.24, 2.45) is 0 Å². The van der Waals surface area contributed by atoms with Gasteiger partial charge >= 0.3 is 0 Å². The van der Waals surface area contributed by atoms with Crippen molar-refractivity contribution in [3.63, 3.8) is 0 Å². The van der Waals surface area contributed by atoms with Crippen molar-refractivity contribution in [1.29, 1.82) is 0 Å². The fourth-order valence-corrected chi connectivity index (χ4v) is 3.62. The van der Waals surface area contributed by atoms with Crippen molar-refractivity contribution in [2.45, 2.75) is 38.6 Å². The third-order valence-corrected chi connectivity index (χ3v) is 4.89. The minimum Gasteiger partial charge on any atom is -0.482 e. The number of carbonyl (C=O) groups is 2. The summed E-state index contributed by atoms with van der Waals surface area (Å²) >= 11 is 0. The molecule has 0 spiro atoms. The normalized spacial score (nSPS) is 17.8. The molecule has 0 aliphatic carbocycles. The van der Waals surface area contributed by atoms with Crippen LogP contribution in [0.5, 0.6) is 5.75 Å². The van der Waals surface area contributed by atoms with Gasteiger partial charge in [-0.25, -0.2) is 0 Å². The highest BCUT2D eigenvalue weighted by Crippen LogP contribution is 2.31. The monoisotopic (exact) mass is 345 g/mol. The number of para-hydroxylation sites is 2. The first-order chi connectivity index (χ1) is 12.2. The molecule has 0 bridgehead atoms. The zero-order chi connectivity index (χ0) is 17.6. The second-order valence-electron chi connectivity index (χ2n) is 6.62. The van der Waals surface area contributed by atoms with Crippen LogP contribution in [0.4, 0.5) is 5.69 Å². The van der Waals surface area contributed by atoms with E-state index in [-0.39, 0.29) is 18.4 Å². The van der Waals surface area contributed by atoms with Gasteiger partial charge in [-0.2, -0.15) is 0 Å². The number of piperidine rings is 1. The van der Waals surface area contributed by atoms with E-state index in [1.807, 2.05) is 29.2 Å². The van der Waals surface area contributed by atoms with Crippen molar-refractivity contribution in [1.82, 2.24) is 10.2 Å². The van der Waals surface area contributed by atoms with Crippen LogP contribution in [0, 0.1) is 0 Å². The second-order valence-corrected chi connectivity index (χ2v) is 6.62. The lowest BCUT2D eigenvalue weighted by Crippen LogP contribution is -2.48. The highest BCUT2D eigenvalue weighted by molar-refractivity contribution is 5.98. The van der Waals surface area contributed by atoms with E-state index in [1.165, 1.54) is 0 Å². The smallest absolute Gasteiger partial charge is 0.265 e. The zero-order valence-corrected chi connectivity index (χ0v) is 14.9. The van der Waals surface area contributed by atoms with Gasteiger partial charge < -0.3 is 19.9 Å². The van der Waals surface area contributed by atoms with E-state index in [2.05, 4.69) is 12.2 Å². The largest absolute Gasteiger partial charge is 0.482 e. The average Bonchev–Trinajstić information content (AvgIpc) is 2.66. The fraction of sp³-hybridized carbons (Fsp3) is 0.579. The number of anilines is 1. The molecule has 2 heterocycles. The van der Waals surface area contributed by atoms with Gasteiger partial charge in [-0.3, -0.25) is 9.59 Å². The molecule has 0 atom stereocenters. The SMILES string of the molecule is CCCN(C(=O)CCN1C(=O)COc2ccccc21)C1CCNCC1. The van der Waals surface area contributed by atoms with Gasteiger partial charge in [0.05, 0.1) is 5.69 Å². The molecule has 0 radical (unpaired) electrons. The van der Waals surface area contributed by atoms with Crippen LogP contribution in [0.3, 0.4) is 0 Å². The Labute approximate surface area is 149 Å². The summed E-state index contributed by atoms with van der Waals surface area (Å²) < 4.78 is 5.46. The van der Waals surface area contributed by atoms with Crippen molar-refractivity contribution in [3.8, 4) is 5.75 Å². The molecule has 136 valence electrons. The van der Waals surface area contributed by atoms with E-state index in [0.29, 0.717) is 24.8 Å². The molecule has 1 fully saturated rings. The lowest BCUT2D eigenvalue weighted by molar-refractivity contribution is -0.134. The summed E-state index contributed by atoms with van der Waals surface area (Å²) in [5.74, 6) is 0.763. The van der Waals surface area contributed by atoms with Crippen LogP contribution >= 0.6 is 0 Å². The third-order valence-electron chi connectivity index (χ3n) is 4.89. The molecule has 2 amide bonds. The van der Waals surface area contributed by atoms with E-state index < -0.39 is 0 Å². The quantitative estimate of drug-likeness (QED) is 0.854. The van der Waals surface area contributed by atoms with Gasteiger partial charge in [-0.15, -0.1) is 0 Å². The predicted octanol–water partition coefficient (Wildman–Crippen LogP) is 1.79. The molecule has 6 heteroatoms. The molecule has 0 saturated carbocycles. The highest BCUT2D eigenvalue weighted by atomic mass is 16.5. The lowest BCUT2D eigenvalue weighted by atomic mass is 10.0. The highest BCUT2D eigenvalue weighted by Gasteiger charge is 2.28. The van der Waals surface area contributed by atoms with Gasteiger partial charge in [0, 0.05) is 25.6 Å². The summed E-state index contributed by atoms with van der Waals surface area (Å²) in [6.45, 7) is 5.27. The van der Waals surface area contributed by atoms with Crippen LogP contribution in [-0.4, -0.2) is 55.5 Å². The molecule has 3 rings (SSSR count). The maximum absolute atomic E-state index is 12.8. The summed E-state index contributed by atoms with van der Waals surface area (Å²) in [7, 11) is 0. The Morgan fingerprint density at radius 2 is 2.08 bits per heavy atom. The Kier molecular flexibility index (Phi) is 5.91. The van der Waals surface area contributed by atoms with Gasteiger partial charge in [0.25, 0.3) is 5.91 Å². The van der Waals surface area contributed by atoms with Crippen molar-refractivity contribution in [2.75, 3.05) is 37.7 Å². The number of hydrogen-bond donors (Lipinski definition) is 1. The Bertz CT molecular complexity index is 614. The molecule has 0 aromatic heterocycles. The van der Waals surface area contributed by atoms with Crippen LogP contribution in [0.15, 0.2) is 24.3 Å². The van der Waals surface area contributed by atoms with Gasteiger partial charge in [0.1, 0.15) is 5.75 Å². The third kappa shape index (κ3) is 4.12. The molecule has 6 nitrogen and oxygen atoms in total. The molecule has 2 aliphatic heterocycles. The Hall–Kier alpha value is -2.08. The number of ether oxygens (including phenoxy) is 1. The first kappa shape index (κ1) is 17.7. The number of fused-ring (bicyclic) bond motifs is 1. The molecule has 2 aliphatic rings. The number of nitrogens with zero attached hydrogens (tertiary/aromatic N) is 2. The second kappa shape index (κ2) is 8.34. The summed E-state index contributed by atoms with van der Waals surface area (Å²) in [5, 5.41) is 3.35. The Morgan fingerprint density at radius 1 is 1.32 bits per heavy atom. The van der Waals surface area contributed by atoms with Gasteiger partial charge in [0.2, 0.25) is 5.91 Å². The maximum atomic E-state index is 12.8. The van der Waals surface area contributed by atoms with Crippen LogP contribution in [0.1, 0.15) is 32.6 Å².